The van der Waals surface area contributed by atoms with Gasteiger partial charge in [0.25, 0.3) is 0 Å². The first kappa shape index (κ1) is 17.1. The van der Waals surface area contributed by atoms with Crippen LogP contribution >= 0.6 is 43.6 Å². The number of hydrogen-bond acceptors (Lipinski definition) is 1. The maximum absolute atomic E-state index is 13.1. The van der Waals surface area contributed by atoms with Gasteiger partial charge in [-0.3, -0.25) is 0 Å². The van der Waals surface area contributed by atoms with Crippen LogP contribution in [0.2, 0.25) is 0 Å². The zero-order valence-electron chi connectivity index (χ0n) is 8.46. The summed E-state index contributed by atoms with van der Waals surface area (Å²) in [5, 5.41) is -5.35. The van der Waals surface area contributed by atoms with Crippen molar-refractivity contribution < 1.29 is 30.7 Å². The molecule has 0 bridgehead atoms. The lowest BCUT2D eigenvalue weighted by atomic mass is 10.3. The van der Waals surface area contributed by atoms with Gasteiger partial charge < -0.3 is 0 Å². The fourth-order valence-corrected chi connectivity index (χ4v) is 3.27. The Balaban J connectivity index is 3.09. The minimum atomic E-state index is -6.34. The van der Waals surface area contributed by atoms with Crippen molar-refractivity contribution in [3.63, 3.8) is 0 Å². The molecular formula is C9H2Br2F7S. The van der Waals surface area contributed by atoms with Crippen LogP contribution in [0, 0.1) is 6.07 Å². The lowest BCUT2D eigenvalue weighted by Gasteiger charge is -2.27. The van der Waals surface area contributed by atoms with Gasteiger partial charge in [-0.2, -0.15) is 30.7 Å². The van der Waals surface area contributed by atoms with E-state index >= 15 is 0 Å². The second kappa shape index (κ2) is 5.44. The Morgan fingerprint density at radius 1 is 0.947 bits per heavy atom. The maximum atomic E-state index is 13.1. The van der Waals surface area contributed by atoms with E-state index in [-0.39, 0.29) is 8.95 Å². The van der Waals surface area contributed by atoms with E-state index in [2.05, 4.69) is 37.9 Å². The second-order valence-electron chi connectivity index (χ2n) is 3.20. The number of rotatable bonds is 3. The van der Waals surface area contributed by atoms with Crippen LogP contribution in [0.5, 0.6) is 0 Å². The van der Waals surface area contributed by atoms with Crippen molar-refractivity contribution >= 4 is 43.6 Å². The van der Waals surface area contributed by atoms with Gasteiger partial charge in [-0.15, -0.1) is 0 Å². The number of benzene rings is 1. The zero-order chi connectivity index (χ0) is 15.1. The van der Waals surface area contributed by atoms with Gasteiger partial charge in [0.2, 0.25) is 0 Å². The van der Waals surface area contributed by atoms with Gasteiger partial charge in [0.1, 0.15) is 0 Å². The van der Waals surface area contributed by atoms with Crippen LogP contribution in [0.3, 0.4) is 0 Å². The minimum Gasteiger partial charge on any atom is -0.188 e. The van der Waals surface area contributed by atoms with Gasteiger partial charge in [0.05, 0.1) is 0 Å². The van der Waals surface area contributed by atoms with Crippen molar-refractivity contribution in [2.75, 3.05) is 0 Å². The molecule has 0 saturated heterocycles. The van der Waals surface area contributed by atoms with Crippen molar-refractivity contribution in [1.29, 1.82) is 0 Å². The van der Waals surface area contributed by atoms with Crippen molar-refractivity contribution in [2.45, 2.75) is 22.2 Å². The van der Waals surface area contributed by atoms with Crippen LogP contribution in [0.1, 0.15) is 0 Å². The summed E-state index contributed by atoms with van der Waals surface area (Å²) in [6.45, 7) is 0. The van der Waals surface area contributed by atoms with E-state index in [0.717, 1.165) is 6.07 Å². The smallest absolute Gasteiger partial charge is 0.188 e. The van der Waals surface area contributed by atoms with Crippen molar-refractivity contribution in [2.24, 2.45) is 0 Å². The third-order valence-electron chi connectivity index (χ3n) is 1.74. The molecule has 0 aliphatic rings. The molecule has 1 aromatic rings. The van der Waals surface area contributed by atoms with Gasteiger partial charge >= 0.3 is 17.4 Å². The minimum absolute atomic E-state index is 0.135. The van der Waals surface area contributed by atoms with Gasteiger partial charge in [0, 0.05) is 19.9 Å². The molecule has 10 heteroatoms. The van der Waals surface area contributed by atoms with E-state index in [1.165, 1.54) is 6.07 Å². The zero-order valence-corrected chi connectivity index (χ0v) is 12.5. The predicted molar refractivity (Wildman–Crippen MR) is 62.5 cm³/mol. The van der Waals surface area contributed by atoms with Crippen LogP contribution in [0.25, 0.3) is 0 Å². The SMILES string of the molecule is FC(F)(F)C(F)(F)C(F)(F)Sc1[c]c(Br)cc(Br)c1. The summed E-state index contributed by atoms with van der Waals surface area (Å²) in [6, 6.07) is 4.52. The van der Waals surface area contributed by atoms with E-state index in [1.807, 2.05) is 0 Å². The van der Waals surface area contributed by atoms with E-state index in [9.17, 15) is 30.7 Å². The third kappa shape index (κ3) is 3.78. The van der Waals surface area contributed by atoms with E-state index in [4.69, 9.17) is 0 Å². The summed E-state index contributed by atoms with van der Waals surface area (Å²) in [6.07, 6.45) is -6.34. The summed E-state index contributed by atoms with van der Waals surface area (Å²) < 4.78 is 87.6. The largest absolute Gasteiger partial charge is 0.460 e. The average Bonchev–Trinajstić information content (AvgIpc) is 2.12. The average molecular weight is 435 g/mol. The quantitative estimate of drug-likeness (QED) is 0.422. The summed E-state index contributed by atoms with van der Waals surface area (Å²) >= 11 is 4.84. The Labute approximate surface area is 124 Å². The van der Waals surface area contributed by atoms with Gasteiger partial charge in [-0.25, -0.2) is 0 Å². The molecule has 107 valence electrons. The molecule has 1 radical (unpaired) electrons. The highest BCUT2D eigenvalue weighted by atomic mass is 79.9. The van der Waals surface area contributed by atoms with E-state index in [0.29, 0.717) is 0 Å². The summed E-state index contributed by atoms with van der Waals surface area (Å²) in [4.78, 5) is -0.560. The Bertz CT molecular complexity index is 452. The molecule has 0 unspecified atom stereocenters. The monoisotopic (exact) mass is 433 g/mol. The predicted octanol–water partition coefficient (Wildman–Crippen LogP) is 5.89. The van der Waals surface area contributed by atoms with Crippen LogP contribution in [0.15, 0.2) is 26.0 Å². The first-order chi connectivity index (χ1) is 8.37. The molecule has 0 spiro atoms. The lowest BCUT2D eigenvalue weighted by molar-refractivity contribution is -0.330. The highest BCUT2D eigenvalue weighted by molar-refractivity contribution is 9.11. The van der Waals surface area contributed by atoms with Crippen LogP contribution in [0.4, 0.5) is 30.7 Å². The Kier molecular flexibility index (Phi) is 4.89. The molecule has 0 amide bonds. The first-order valence-electron chi connectivity index (χ1n) is 4.26. The lowest BCUT2D eigenvalue weighted by Crippen LogP contribution is -2.49. The normalized spacial score (nSPS) is 13.7. The molecule has 0 nitrogen and oxygen atoms in total. The molecule has 1 aromatic carbocycles. The summed E-state index contributed by atoms with van der Waals surface area (Å²) in [5.41, 5.74) is 0. The van der Waals surface area contributed by atoms with Crippen molar-refractivity contribution in [1.82, 2.24) is 0 Å². The molecule has 0 aromatic heterocycles. The van der Waals surface area contributed by atoms with Crippen molar-refractivity contribution in [3.05, 3.63) is 27.1 Å². The van der Waals surface area contributed by atoms with E-state index in [1.54, 1.807) is 0 Å². The van der Waals surface area contributed by atoms with Crippen LogP contribution in [-0.2, 0) is 0 Å². The fraction of sp³-hybridized carbons (Fsp3) is 0.333. The van der Waals surface area contributed by atoms with Crippen molar-refractivity contribution in [3.8, 4) is 0 Å². The molecule has 0 saturated carbocycles. The first-order valence-corrected chi connectivity index (χ1v) is 6.67. The molecule has 1 rings (SSSR count). The molecule has 0 aliphatic carbocycles. The van der Waals surface area contributed by atoms with Gasteiger partial charge in [0.15, 0.2) is 0 Å². The summed E-state index contributed by atoms with van der Waals surface area (Å²) in [5.74, 6) is -6.15. The number of hydrogen-bond donors (Lipinski definition) is 0. The fourth-order valence-electron chi connectivity index (χ4n) is 0.900. The molecule has 0 N–H and O–H groups in total. The molecule has 0 atom stereocenters. The Hall–Kier alpha value is 0.0400. The summed E-state index contributed by atoms with van der Waals surface area (Å²) in [7, 11) is 0. The van der Waals surface area contributed by atoms with Crippen LogP contribution < -0.4 is 0 Å². The van der Waals surface area contributed by atoms with Crippen LogP contribution in [-0.4, -0.2) is 17.4 Å². The standard InChI is InChI=1S/C9H2Br2F7S/c10-4-1-5(11)3-6(2-4)19-9(17,18)7(12,13)8(14,15)16/h1-2H. The number of halogens is 9. The topological polar surface area (TPSA) is 0 Å². The molecule has 0 heterocycles. The number of thioether (sulfide) groups is 1. The van der Waals surface area contributed by atoms with Gasteiger partial charge in [-0.1, -0.05) is 31.9 Å². The number of alkyl halides is 7. The highest BCUT2D eigenvalue weighted by Gasteiger charge is 2.73. The molecule has 0 fully saturated rings. The Morgan fingerprint density at radius 2 is 1.47 bits per heavy atom. The Morgan fingerprint density at radius 3 is 1.89 bits per heavy atom. The maximum Gasteiger partial charge on any atom is 0.460 e. The molecule has 19 heavy (non-hydrogen) atoms. The molecular weight excluding hydrogens is 433 g/mol. The van der Waals surface area contributed by atoms with Gasteiger partial charge in [-0.05, 0) is 23.9 Å². The third-order valence-corrected chi connectivity index (χ3v) is 3.57. The highest BCUT2D eigenvalue weighted by Crippen LogP contribution is 2.54. The second-order valence-corrected chi connectivity index (χ2v) is 6.13. The molecule has 0 aliphatic heterocycles. The van der Waals surface area contributed by atoms with E-state index < -0.39 is 34.0 Å².